The summed E-state index contributed by atoms with van der Waals surface area (Å²) in [6.07, 6.45) is 9.64. The quantitative estimate of drug-likeness (QED) is 0.298. The van der Waals surface area contributed by atoms with Crippen LogP contribution in [-0.4, -0.2) is 24.4 Å². The number of carbonyl (C=O) groups excluding carboxylic acids is 1. The fourth-order valence-corrected chi connectivity index (χ4v) is 2.45. The third kappa shape index (κ3) is 7.80. The van der Waals surface area contributed by atoms with E-state index in [0.717, 1.165) is 25.1 Å². The minimum atomic E-state index is 0.107. The molecule has 18 heavy (non-hydrogen) atoms. The molecule has 0 bridgehead atoms. The third-order valence-corrected chi connectivity index (χ3v) is 4.28. The lowest BCUT2D eigenvalue weighted by Gasteiger charge is -2.20. The van der Waals surface area contributed by atoms with E-state index in [1.165, 1.54) is 25.7 Å². The smallest absolute Gasteiger partial charge is 0.121 e. The highest BCUT2D eigenvalue weighted by Crippen LogP contribution is 2.21. The van der Waals surface area contributed by atoms with Gasteiger partial charge in [0.2, 0.25) is 0 Å². The van der Waals surface area contributed by atoms with E-state index in [4.69, 9.17) is 4.74 Å². The lowest BCUT2D eigenvalue weighted by Crippen LogP contribution is -2.14. The van der Waals surface area contributed by atoms with Crippen LogP contribution in [0.5, 0.6) is 0 Å². The zero-order valence-electron chi connectivity index (χ0n) is 12.1. The standard InChI is InChI=1S/C15H28O2S/c1-5-7-8-9-14(6-2)12-17-13(3)15(18-4)10-11-16/h11,14-15H,3,5-10,12H2,1-2,4H3. The maximum absolute atomic E-state index is 10.5. The molecule has 2 atom stereocenters. The second-order valence-corrected chi connectivity index (χ2v) is 5.71. The molecule has 0 saturated heterocycles. The van der Waals surface area contributed by atoms with Gasteiger partial charge < -0.3 is 9.53 Å². The highest BCUT2D eigenvalue weighted by Gasteiger charge is 2.14. The summed E-state index contributed by atoms with van der Waals surface area (Å²) in [6, 6.07) is 0. The Morgan fingerprint density at radius 3 is 2.61 bits per heavy atom. The third-order valence-electron chi connectivity index (χ3n) is 3.25. The molecular weight excluding hydrogens is 244 g/mol. The molecule has 0 aliphatic carbocycles. The zero-order valence-corrected chi connectivity index (χ0v) is 12.9. The Morgan fingerprint density at radius 2 is 2.11 bits per heavy atom. The first-order valence-corrected chi connectivity index (χ1v) is 8.26. The van der Waals surface area contributed by atoms with Crippen LogP contribution in [0.15, 0.2) is 12.3 Å². The van der Waals surface area contributed by atoms with Crippen molar-refractivity contribution in [1.82, 2.24) is 0 Å². The Morgan fingerprint density at radius 1 is 1.39 bits per heavy atom. The second kappa shape index (κ2) is 11.6. The van der Waals surface area contributed by atoms with Crippen molar-refractivity contribution in [2.24, 2.45) is 5.92 Å². The number of ether oxygens (including phenoxy) is 1. The minimum absolute atomic E-state index is 0.107. The first-order valence-electron chi connectivity index (χ1n) is 6.97. The van der Waals surface area contributed by atoms with Crippen LogP contribution in [0.2, 0.25) is 0 Å². The number of carbonyl (C=O) groups is 1. The normalized spacial score (nSPS) is 13.9. The minimum Gasteiger partial charge on any atom is -0.497 e. The summed E-state index contributed by atoms with van der Waals surface area (Å²) in [4.78, 5) is 10.5. The van der Waals surface area contributed by atoms with E-state index in [0.29, 0.717) is 12.3 Å². The summed E-state index contributed by atoms with van der Waals surface area (Å²) < 4.78 is 5.76. The number of hydrogen-bond acceptors (Lipinski definition) is 3. The fourth-order valence-electron chi connectivity index (χ4n) is 1.85. The summed E-state index contributed by atoms with van der Waals surface area (Å²) in [7, 11) is 0. The number of rotatable bonds is 12. The molecule has 0 aromatic rings. The van der Waals surface area contributed by atoms with Crippen molar-refractivity contribution in [3.63, 3.8) is 0 Å². The monoisotopic (exact) mass is 272 g/mol. The number of thioether (sulfide) groups is 1. The van der Waals surface area contributed by atoms with Crippen LogP contribution in [-0.2, 0) is 9.53 Å². The van der Waals surface area contributed by atoms with Crippen molar-refractivity contribution in [1.29, 1.82) is 0 Å². The summed E-state index contributed by atoms with van der Waals surface area (Å²) >= 11 is 1.63. The highest BCUT2D eigenvalue weighted by atomic mass is 32.2. The fraction of sp³-hybridized carbons (Fsp3) is 0.800. The lowest BCUT2D eigenvalue weighted by atomic mass is 10.00. The average molecular weight is 272 g/mol. The number of aldehydes is 1. The Labute approximate surface area is 117 Å². The van der Waals surface area contributed by atoms with E-state index in [2.05, 4.69) is 20.4 Å². The van der Waals surface area contributed by atoms with Gasteiger partial charge in [-0.15, -0.1) is 0 Å². The van der Waals surface area contributed by atoms with E-state index in [9.17, 15) is 4.79 Å². The summed E-state index contributed by atoms with van der Waals surface area (Å²) in [5, 5.41) is 0.107. The van der Waals surface area contributed by atoms with Crippen molar-refractivity contribution in [2.75, 3.05) is 12.9 Å². The van der Waals surface area contributed by atoms with Gasteiger partial charge >= 0.3 is 0 Å². The topological polar surface area (TPSA) is 26.3 Å². The van der Waals surface area contributed by atoms with Gasteiger partial charge in [-0.1, -0.05) is 46.1 Å². The van der Waals surface area contributed by atoms with E-state index in [1.807, 2.05) is 6.26 Å². The van der Waals surface area contributed by atoms with Crippen molar-refractivity contribution >= 4 is 18.0 Å². The van der Waals surface area contributed by atoms with Gasteiger partial charge in [-0.3, -0.25) is 0 Å². The molecule has 2 nitrogen and oxygen atoms in total. The van der Waals surface area contributed by atoms with Crippen molar-refractivity contribution in [2.45, 2.75) is 57.6 Å². The predicted molar refractivity (Wildman–Crippen MR) is 81.0 cm³/mol. The van der Waals surface area contributed by atoms with Crippen LogP contribution >= 0.6 is 11.8 Å². The molecule has 0 aromatic heterocycles. The molecule has 2 unspecified atom stereocenters. The first kappa shape index (κ1) is 17.6. The molecule has 0 aromatic carbocycles. The predicted octanol–water partition coefficient (Wildman–Crippen LogP) is 4.44. The molecule has 0 aliphatic heterocycles. The van der Waals surface area contributed by atoms with E-state index < -0.39 is 0 Å². The summed E-state index contributed by atoms with van der Waals surface area (Å²) in [5.41, 5.74) is 0. The van der Waals surface area contributed by atoms with Crippen molar-refractivity contribution in [3.05, 3.63) is 12.3 Å². The van der Waals surface area contributed by atoms with Crippen molar-refractivity contribution in [3.8, 4) is 0 Å². The van der Waals surface area contributed by atoms with Crippen LogP contribution in [0.1, 0.15) is 52.4 Å². The lowest BCUT2D eigenvalue weighted by molar-refractivity contribution is -0.107. The van der Waals surface area contributed by atoms with Gasteiger partial charge in [-0.25, -0.2) is 0 Å². The Bertz CT molecular complexity index is 229. The second-order valence-electron chi connectivity index (χ2n) is 4.67. The van der Waals surface area contributed by atoms with Gasteiger partial charge in [-0.05, 0) is 18.6 Å². The van der Waals surface area contributed by atoms with E-state index in [1.54, 1.807) is 11.8 Å². The first-order chi connectivity index (χ1) is 8.69. The molecule has 0 saturated carbocycles. The molecule has 0 N–H and O–H groups in total. The molecule has 0 radical (unpaired) electrons. The van der Waals surface area contributed by atoms with Gasteiger partial charge in [0, 0.05) is 6.42 Å². The number of hydrogen-bond donors (Lipinski definition) is 0. The van der Waals surface area contributed by atoms with Crippen LogP contribution in [0, 0.1) is 5.92 Å². The van der Waals surface area contributed by atoms with Crippen LogP contribution in [0.25, 0.3) is 0 Å². The Balaban J connectivity index is 3.94. The summed E-state index contributed by atoms with van der Waals surface area (Å²) in [6.45, 7) is 9.12. The molecule has 3 heteroatoms. The maximum Gasteiger partial charge on any atom is 0.121 e. The largest absolute Gasteiger partial charge is 0.497 e. The van der Waals surface area contributed by atoms with E-state index >= 15 is 0 Å². The molecule has 0 fully saturated rings. The zero-order chi connectivity index (χ0) is 13.8. The molecule has 0 aliphatic rings. The molecule has 0 amide bonds. The molecule has 0 rings (SSSR count). The van der Waals surface area contributed by atoms with Crippen molar-refractivity contribution < 1.29 is 9.53 Å². The maximum atomic E-state index is 10.5. The SMILES string of the molecule is C=C(OCC(CC)CCCCC)C(CC=O)SC. The van der Waals surface area contributed by atoms with Gasteiger partial charge in [-0.2, -0.15) is 11.8 Å². The molecule has 0 spiro atoms. The molecular formula is C15H28O2S. The highest BCUT2D eigenvalue weighted by molar-refractivity contribution is 7.99. The molecule has 106 valence electrons. The van der Waals surface area contributed by atoms with Gasteiger partial charge in [0.25, 0.3) is 0 Å². The van der Waals surface area contributed by atoms with Crippen LogP contribution in [0.3, 0.4) is 0 Å². The van der Waals surface area contributed by atoms with Crippen LogP contribution < -0.4 is 0 Å². The molecule has 0 heterocycles. The van der Waals surface area contributed by atoms with Gasteiger partial charge in [0.1, 0.15) is 12.0 Å². The van der Waals surface area contributed by atoms with Gasteiger partial charge in [0.05, 0.1) is 11.9 Å². The Kier molecular flexibility index (Phi) is 11.4. The average Bonchev–Trinajstić information content (AvgIpc) is 2.39. The summed E-state index contributed by atoms with van der Waals surface area (Å²) in [5.74, 6) is 1.37. The van der Waals surface area contributed by atoms with E-state index in [-0.39, 0.29) is 5.25 Å². The van der Waals surface area contributed by atoms with Crippen LogP contribution in [0.4, 0.5) is 0 Å². The number of unbranched alkanes of at least 4 members (excludes halogenated alkanes) is 2. The van der Waals surface area contributed by atoms with Gasteiger partial charge in [0.15, 0.2) is 0 Å². The Hall–Kier alpha value is -0.440.